The number of thiophene rings is 1. The van der Waals surface area contributed by atoms with Gasteiger partial charge in [0, 0.05) is 10.9 Å². The summed E-state index contributed by atoms with van der Waals surface area (Å²) in [7, 11) is 0. The van der Waals surface area contributed by atoms with Gasteiger partial charge in [0.2, 0.25) is 5.82 Å². The minimum absolute atomic E-state index is 0.534. The van der Waals surface area contributed by atoms with Crippen LogP contribution in [0.4, 0.5) is 0 Å². The van der Waals surface area contributed by atoms with Crippen molar-refractivity contribution in [1.82, 2.24) is 10.1 Å². The molecule has 2 aromatic carbocycles. The zero-order valence-corrected chi connectivity index (χ0v) is 13.8. The Morgan fingerprint density at radius 3 is 2.25 bits per heavy atom. The van der Waals surface area contributed by atoms with Crippen molar-refractivity contribution in [3.8, 4) is 34.3 Å². The average Bonchev–Trinajstić information content (AvgIpc) is 3.29. The second-order valence-electron chi connectivity index (χ2n) is 5.37. The fourth-order valence-electron chi connectivity index (χ4n) is 2.26. The van der Waals surface area contributed by atoms with Gasteiger partial charge in [0.15, 0.2) is 0 Å². The van der Waals surface area contributed by atoms with Crippen molar-refractivity contribution in [3.05, 3.63) is 70.9 Å². The molecule has 0 aliphatic carbocycles. The Morgan fingerprint density at radius 1 is 0.875 bits per heavy atom. The van der Waals surface area contributed by atoms with Crippen LogP contribution in [0.1, 0.15) is 5.56 Å². The van der Waals surface area contributed by atoms with Gasteiger partial charge >= 0.3 is 0 Å². The van der Waals surface area contributed by atoms with Crippen LogP contribution in [0.3, 0.4) is 0 Å². The van der Waals surface area contributed by atoms with Crippen molar-refractivity contribution in [2.24, 2.45) is 0 Å². The normalized spacial score (nSPS) is 10.7. The highest BCUT2D eigenvalue weighted by Gasteiger charge is 2.11. The van der Waals surface area contributed by atoms with Crippen molar-refractivity contribution in [1.29, 1.82) is 0 Å². The van der Waals surface area contributed by atoms with Crippen molar-refractivity contribution in [2.45, 2.75) is 6.92 Å². The molecule has 0 atom stereocenters. The SMILES string of the molecule is Cc1ccc(Oc2ccc(-c3noc(-c4ccsc4)n3)cc2)cc1. The van der Waals surface area contributed by atoms with Gasteiger partial charge in [0.05, 0.1) is 5.56 Å². The standard InChI is InChI=1S/C19H14N2O2S/c1-13-2-6-16(7-3-13)22-17-8-4-14(5-9-17)18-20-19(23-21-18)15-10-11-24-12-15/h2-12H,1H3. The van der Waals surface area contributed by atoms with E-state index in [0.717, 1.165) is 22.6 Å². The van der Waals surface area contributed by atoms with E-state index in [1.807, 2.05) is 72.3 Å². The van der Waals surface area contributed by atoms with Crippen LogP contribution in [0, 0.1) is 6.92 Å². The van der Waals surface area contributed by atoms with E-state index in [1.54, 1.807) is 11.3 Å². The highest BCUT2D eigenvalue weighted by Crippen LogP contribution is 2.27. The molecule has 0 fully saturated rings. The van der Waals surface area contributed by atoms with E-state index in [2.05, 4.69) is 10.1 Å². The second kappa shape index (κ2) is 6.29. The third-order valence-electron chi connectivity index (χ3n) is 3.56. The number of hydrogen-bond donors (Lipinski definition) is 0. The summed E-state index contributed by atoms with van der Waals surface area (Å²) in [6.07, 6.45) is 0. The molecule has 0 spiro atoms. The van der Waals surface area contributed by atoms with Gasteiger partial charge in [-0.2, -0.15) is 16.3 Å². The minimum atomic E-state index is 0.534. The number of aryl methyl sites for hydroxylation is 1. The smallest absolute Gasteiger partial charge is 0.259 e. The summed E-state index contributed by atoms with van der Waals surface area (Å²) in [4.78, 5) is 4.43. The van der Waals surface area contributed by atoms with Crippen molar-refractivity contribution in [2.75, 3.05) is 0 Å². The van der Waals surface area contributed by atoms with E-state index < -0.39 is 0 Å². The maximum absolute atomic E-state index is 5.83. The number of ether oxygens (including phenoxy) is 1. The molecule has 0 N–H and O–H groups in total. The molecule has 0 aliphatic heterocycles. The predicted molar refractivity (Wildman–Crippen MR) is 94.3 cm³/mol. The van der Waals surface area contributed by atoms with Crippen molar-refractivity contribution < 1.29 is 9.26 Å². The Bertz CT molecular complexity index is 926. The zero-order valence-electron chi connectivity index (χ0n) is 13.0. The van der Waals surface area contributed by atoms with Crippen molar-refractivity contribution >= 4 is 11.3 Å². The Labute approximate surface area is 143 Å². The van der Waals surface area contributed by atoms with Gasteiger partial charge in [-0.3, -0.25) is 0 Å². The number of benzene rings is 2. The first-order valence-corrected chi connectivity index (χ1v) is 8.43. The second-order valence-corrected chi connectivity index (χ2v) is 6.15. The molecule has 2 heterocycles. The molecule has 4 nitrogen and oxygen atoms in total. The Balaban J connectivity index is 1.52. The van der Waals surface area contributed by atoms with Gasteiger partial charge in [-0.25, -0.2) is 0 Å². The van der Waals surface area contributed by atoms with Gasteiger partial charge in [-0.15, -0.1) is 0 Å². The van der Waals surface area contributed by atoms with Crippen LogP contribution in [0.25, 0.3) is 22.8 Å². The molecule has 0 aliphatic rings. The van der Waals surface area contributed by atoms with E-state index in [4.69, 9.17) is 9.26 Å². The molecule has 0 saturated heterocycles. The van der Waals surface area contributed by atoms with Crippen molar-refractivity contribution in [3.63, 3.8) is 0 Å². The Hall–Kier alpha value is -2.92. The lowest BCUT2D eigenvalue weighted by atomic mass is 10.2. The molecule has 118 valence electrons. The lowest BCUT2D eigenvalue weighted by Crippen LogP contribution is -1.85. The molecule has 0 saturated carbocycles. The fraction of sp³-hybridized carbons (Fsp3) is 0.0526. The molecule has 24 heavy (non-hydrogen) atoms. The number of aromatic nitrogens is 2. The van der Waals surface area contributed by atoms with Crippen LogP contribution in [0.5, 0.6) is 11.5 Å². The fourth-order valence-corrected chi connectivity index (χ4v) is 2.89. The predicted octanol–water partition coefficient (Wildman–Crippen LogP) is 5.57. The van der Waals surface area contributed by atoms with Crippen LogP contribution in [-0.2, 0) is 0 Å². The summed E-state index contributed by atoms with van der Waals surface area (Å²) in [5.74, 6) is 2.68. The zero-order chi connectivity index (χ0) is 16.4. The monoisotopic (exact) mass is 334 g/mol. The summed E-state index contributed by atoms with van der Waals surface area (Å²) in [5, 5.41) is 8.01. The first-order valence-electron chi connectivity index (χ1n) is 7.49. The van der Waals surface area contributed by atoms with Gasteiger partial charge in [-0.05, 0) is 54.8 Å². The summed E-state index contributed by atoms with van der Waals surface area (Å²) >= 11 is 1.60. The van der Waals surface area contributed by atoms with E-state index in [-0.39, 0.29) is 0 Å². The molecule has 4 aromatic rings. The Kier molecular flexibility index (Phi) is 3.84. The molecule has 0 amide bonds. The third kappa shape index (κ3) is 3.07. The summed E-state index contributed by atoms with van der Waals surface area (Å²) in [5.41, 5.74) is 3.03. The van der Waals surface area contributed by atoms with Crippen LogP contribution in [0.2, 0.25) is 0 Å². The Morgan fingerprint density at radius 2 is 1.58 bits per heavy atom. The largest absolute Gasteiger partial charge is 0.457 e. The van der Waals surface area contributed by atoms with E-state index in [0.29, 0.717) is 11.7 Å². The van der Waals surface area contributed by atoms with Gasteiger partial charge in [-0.1, -0.05) is 22.9 Å². The topological polar surface area (TPSA) is 48.2 Å². The maximum Gasteiger partial charge on any atom is 0.259 e. The molecular weight excluding hydrogens is 320 g/mol. The maximum atomic E-state index is 5.83. The minimum Gasteiger partial charge on any atom is -0.457 e. The molecule has 0 bridgehead atoms. The summed E-state index contributed by atoms with van der Waals surface area (Å²) < 4.78 is 11.1. The van der Waals surface area contributed by atoms with E-state index >= 15 is 0 Å². The van der Waals surface area contributed by atoms with Gasteiger partial charge < -0.3 is 9.26 Å². The number of rotatable bonds is 4. The summed E-state index contributed by atoms with van der Waals surface area (Å²) in [6.45, 7) is 2.05. The third-order valence-corrected chi connectivity index (χ3v) is 4.25. The molecule has 2 aromatic heterocycles. The molecule has 4 rings (SSSR count). The number of hydrogen-bond acceptors (Lipinski definition) is 5. The summed E-state index contributed by atoms with van der Waals surface area (Å²) in [6, 6.07) is 17.6. The lowest BCUT2D eigenvalue weighted by Gasteiger charge is -2.06. The van der Waals surface area contributed by atoms with Crippen LogP contribution < -0.4 is 4.74 Å². The van der Waals surface area contributed by atoms with Gasteiger partial charge in [0.25, 0.3) is 5.89 Å². The molecular formula is C19H14N2O2S. The first-order chi connectivity index (χ1) is 11.8. The average molecular weight is 334 g/mol. The van der Waals surface area contributed by atoms with Crippen LogP contribution in [-0.4, -0.2) is 10.1 Å². The van der Waals surface area contributed by atoms with E-state index in [9.17, 15) is 0 Å². The van der Waals surface area contributed by atoms with Crippen LogP contribution in [0.15, 0.2) is 69.9 Å². The molecule has 0 radical (unpaired) electrons. The molecule has 5 heteroatoms. The molecule has 0 unspecified atom stereocenters. The highest BCUT2D eigenvalue weighted by atomic mass is 32.1. The first kappa shape index (κ1) is 14.7. The number of nitrogens with zero attached hydrogens (tertiary/aromatic N) is 2. The quantitative estimate of drug-likeness (QED) is 0.490. The lowest BCUT2D eigenvalue weighted by molar-refractivity contribution is 0.432. The van der Waals surface area contributed by atoms with Crippen LogP contribution >= 0.6 is 11.3 Å². The van der Waals surface area contributed by atoms with Gasteiger partial charge in [0.1, 0.15) is 11.5 Å². The van der Waals surface area contributed by atoms with E-state index in [1.165, 1.54) is 5.56 Å². The highest BCUT2D eigenvalue weighted by molar-refractivity contribution is 7.08.